The highest BCUT2D eigenvalue weighted by molar-refractivity contribution is 6.33. The number of carboxylic acid groups (broad SMARTS) is 1. The van der Waals surface area contributed by atoms with Crippen molar-refractivity contribution in [3.63, 3.8) is 0 Å². The lowest BCUT2D eigenvalue weighted by Gasteiger charge is -2.39. The number of halogens is 1. The molecule has 0 radical (unpaired) electrons. The Kier molecular flexibility index (Phi) is 13.3. The number of nitrogens with zero attached hydrogens (tertiary/aromatic N) is 3. The van der Waals surface area contributed by atoms with Gasteiger partial charge in [-0.05, 0) is 103 Å². The molecule has 270 valence electrons. The molecular weight excluding hydrogens is 658 g/mol. The number of nitrogens with two attached hydrogens (primary N) is 2. The summed E-state index contributed by atoms with van der Waals surface area (Å²) in [6.07, 6.45) is 1.84. The van der Waals surface area contributed by atoms with E-state index in [1.165, 1.54) is 0 Å². The van der Waals surface area contributed by atoms with Crippen molar-refractivity contribution in [1.29, 1.82) is 0 Å². The number of carboxylic acids is 1. The predicted molar refractivity (Wildman–Crippen MR) is 208 cm³/mol. The fraction of sp³-hybridized carbons (Fsp3) is 0.357. The highest BCUT2D eigenvalue weighted by Crippen LogP contribution is 2.36. The van der Waals surface area contributed by atoms with Gasteiger partial charge in [0.05, 0.1) is 5.41 Å². The second kappa shape index (κ2) is 17.2. The summed E-state index contributed by atoms with van der Waals surface area (Å²) in [4.78, 5) is 19.2. The molecular formula is C42H52ClN5O3. The Hall–Kier alpha value is -4.34. The number of likely N-dealkylation sites (tertiary alicyclic amines) is 1. The van der Waals surface area contributed by atoms with E-state index in [1.54, 1.807) is 0 Å². The summed E-state index contributed by atoms with van der Waals surface area (Å²) in [6, 6.07) is 33.8. The highest BCUT2D eigenvalue weighted by atomic mass is 35.5. The molecule has 2 heterocycles. The van der Waals surface area contributed by atoms with Gasteiger partial charge in [-0.15, -0.1) is 0 Å². The number of aromatic nitrogens is 2. The second-order valence-corrected chi connectivity index (χ2v) is 15.8. The van der Waals surface area contributed by atoms with E-state index < -0.39 is 11.4 Å². The summed E-state index contributed by atoms with van der Waals surface area (Å²) in [5.74, 6) is 0.232. The van der Waals surface area contributed by atoms with Crippen molar-refractivity contribution in [3.05, 3.63) is 119 Å². The normalized spacial score (nSPS) is 14.5. The summed E-state index contributed by atoms with van der Waals surface area (Å²) in [5, 5.41) is 14.9. The molecule has 0 atom stereocenters. The van der Waals surface area contributed by atoms with Gasteiger partial charge in [-0.1, -0.05) is 108 Å². The Balaban J connectivity index is 0.000000516. The van der Waals surface area contributed by atoms with E-state index in [2.05, 4.69) is 27.2 Å². The zero-order chi connectivity index (χ0) is 37.2. The van der Waals surface area contributed by atoms with Gasteiger partial charge in [0.25, 0.3) is 5.89 Å². The Morgan fingerprint density at radius 2 is 1.31 bits per heavy atom. The lowest BCUT2D eigenvalue weighted by atomic mass is 9.74. The molecule has 0 saturated carbocycles. The topological polar surface area (TPSA) is 132 Å². The van der Waals surface area contributed by atoms with Crippen LogP contribution in [0.25, 0.3) is 34.0 Å². The van der Waals surface area contributed by atoms with Crippen molar-refractivity contribution in [2.24, 2.45) is 16.9 Å². The van der Waals surface area contributed by atoms with Crippen molar-refractivity contribution < 1.29 is 14.4 Å². The zero-order valence-corrected chi connectivity index (χ0v) is 31.5. The van der Waals surface area contributed by atoms with Crippen LogP contribution in [0.4, 0.5) is 0 Å². The van der Waals surface area contributed by atoms with E-state index in [0.717, 1.165) is 53.0 Å². The molecule has 51 heavy (non-hydrogen) atoms. The summed E-state index contributed by atoms with van der Waals surface area (Å²) in [7, 11) is 0. The van der Waals surface area contributed by atoms with Gasteiger partial charge in [0.1, 0.15) is 0 Å². The van der Waals surface area contributed by atoms with Crippen molar-refractivity contribution in [2.45, 2.75) is 78.4 Å². The summed E-state index contributed by atoms with van der Waals surface area (Å²) < 4.78 is 5.56. The molecule has 5 N–H and O–H groups in total. The average molecular weight is 710 g/mol. The first-order valence-corrected chi connectivity index (χ1v) is 17.7. The maximum Gasteiger partial charge on any atom is 0.310 e. The van der Waals surface area contributed by atoms with Crippen molar-refractivity contribution in [3.8, 4) is 34.0 Å². The molecule has 0 bridgehead atoms. The van der Waals surface area contributed by atoms with Gasteiger partial charge in [0, 0.05) is 39.3 Å². The molecule has 6 rings (SSSR count). The van der Waals surface area contributed by atoms with Gasteiger partial charge in [-0.3, -0.25) is 9.69 Å². The summed E-state index contributed by atoms with van der Waals surface area (Å²) >= 11 is 6.58. The molecule has 1 fully saturated rings. The van der Waals surface area contributed by atoms with E-state index in [4.69, 9.17) is 27.6 Å². The van der Waals surface area contributed by atoms with Crippen LogP contribution >= 0.6 is 11.6 Å². The molecule has 0 amide bonds. The van der Waals surface area contributed by atoms with Gasteiger partial charge in [0.15, 0.2) is 0 Å². The number of rotatable bonds is 8. The maximum absolute atomic E-state index is 12.3. The van der Waals surface area contributed by atoms with Crippen LogP contribution in [0, 0.1) is 5.41 Å². The second-order valence-electron chi connectivity index (χ2n) is 15.4. The van der Waals surface area contributed by atoms with E-state index in [1.807, 2.05) is 133 Å². The van der Waals surface area contributed by atoms with Crippen LogP contribution in [-0.2, 0) is 17.8 Å². The van der Waals surface area contributed by atoms with Gasteiger partial charge in [-0.2, -0.15) is 4.98 Å². The van der Waals surface area contributed by atoms with Crippen molar-refractivity contribution >= 4 is 17.6 Å². The maximum atomic E-state index is 12.3. The lowest BCUT2D eigenvalue weighted by Crippen LogP contribution is -2.45. The highest BCUT2D eigenvalue weighted by Gasteiger charge is 2.41. The van der Waals surface area contributed by atoms with Gasteiger partial charge < -0.3 is 21.1 Å². The molecule has 0 unspecified atom stereocenters. The SMILES string of the molecule is CC(C)(C)N.CC(C)(C)N.O=C(O)C1(Cc2ccccc2)CCN(Cc2ccc(-c3noc(-c4ccc(-c5ccccc5)c(Cl)c4)n3)cc2)CC1. The van der Waals surface area contributed by atoms with E-state index >= 15 is 0 Å². The largest absolute Gasteiger partial charge is 0.481 e. The number of piperidine rings is 1. The van der Waals surface area contributed by atoms with E-state index in [-0.39, 0.29) is 11.1 Å². The van der Waals surface area contributed by atoms with Crippen LogP contribution in [0.15, 0.2) is 108 Å². The number of hydrogen-bond donors (Lipinski definition) is 3. The first kappa shape index (κ1) is 39.4. The van der Waals surface area contributed by atoms with Crippen molar-refractivity contribution in [1.82, 2.24) is 15.0 Å². The first-order chi connectivity index (χ1) is 24.0. The molecule has 0 spiro atoms. The van der Waals surface area contributed by atoms with Crippen LogP contribution in [0.2, 0.25) is 5.02 Å². The Morgan fingerprint density at radius 3 is 1.84 bits per heavy atom. The molecule has 8 nitrogen and oxygen atoms in total. The molecule has 9 heteroatoms. The molecule has 1 aliphatic heterocycles. The van der Waals surface area contributed by atoms with Crippen LogP contribution in [0.5, 0.6) is 0 Å². The van der Waals surface area contributed by atoms with Crippen LogP contribution in [-0.4, -0.2) is 50.3 Å². The Labute approximate surface area is 307 Å². The molecule has 4 aromatic carbocycles. The standard InChI is InChI=1S/C34H30ClN3O3.2C4H11N/c35-30-21-28(15-16-29(30)26-9-5-2-6-10-26)32-36-31(37-41-32)27-13-11-25(12-14-27)23-38-19-17-34(18-20-38,33(39)40)22-24-7-3-1-4-8-24;2*1-4(2,3)5/h1-16,21H,17-20,22-23H2,(H,39,40);2*5H2,1-3H3. The molecule has 0 aliphatic carbocycles. The van der Waals surface area contributed by atoms with Gasteiger partial charge >= 0.3 is 5.97 Å². The number of benzene rings is 4. The third-order valence-electron chi connectivity index (χ3n) is 8.00. The number of aliphatic carboxylic acids is 1. The third-order valence-corrected chi connectivity index (χ3v) is 8.31. The monoisotopic (exact) mass is 709 g/mol. The van der Waals surface area contributed by atoms with Crippen LogP contribution in [0.3, 0.4) is 0 Å². The minimum atomic E-state index is -0.704. The predicted octanol–water partition coefficient (Wildman–Crippen LogP) is 9.12. The third kappa shape index (κ3) is 12.7. The Bertz CT molecular complexity index is 1800. The minimum Gasteiger partial charge on any atom is -0.481 e. The average Bonchev–Trinajstić information content (AvgIpc) is 3.56. The van der Waals surface area contributed by atoms with Gasteiger partial charge in [0.2, 0.25) is 5.82 Å². The number of carbonyl (C=O) groups is 1. The zero-order valence-electron chi connectivity index (χ0n) is 30.7. The number of hydrogen-bond acceptors (Lipinski definition) is 7. The van der Waals surface area contributed by atoms with E-state index in [9.17, 15) is 9.90 Å². The molecule has 1 aliphatic rings. The lowest BCUT2D eigenvalue weighted by molar-refractivity contribution is -0.152. The minimum absolute atomic E-state index is 0. The fourth-order valence-corrected chi connectivity index (χ4v) is 5.86. The summed E-state index contributed by atoms with van der Waals surface area (Å²) in [5.41, 5.74) is 15.9. The Morgan fingerprint density at radius 1 is 0.784 bits per heavy atom. The van der Waals surface area contributed by atoms with Crippen LogP contribution < -0.4 is 11.5 Å². The van der Waals surface area contributed by atoms with Crippen LogP contribution in [0.1, 0.15) is 65.5 Å². The smallest absolute Gasteiger partial charge is 0.310 e. The summed E-state index contributed by atoms with van der Waals surface area (Å²) in [6.45, 7) is 14.1. The van der Waals surface area contributed by atoms with Crippen molar-refractivity contribution in [2.75, 3.05) is 13.1 Å². The molecule has 5 aromatic rings. The molecule has 1 aromatic heterocycles. The first-order valence-electron chi connectivity index (χ1n) is 17.3. The quantitative estimate of drug-likeness (QED) is 0.145. The van der Waals surface area contributed by atoms with E-state index in [0.29, 0.717) is 36.0 Å². The van der Waals surface area contributed by atoms with Gasteiger partial charge in [-0.25, -0.2) is 0 Å². The molecule has 1 saturated heterocycles. The fourth-order valence-electron chi connectivity index (χ4n) is 5.57.